The monoisotopic (exact) mass is 574 g/mol. The minimum atomic E-state index is -1.14. The van der Waals surface area contributed by atoms with Crippen LogP contribution in [0.1, 0.15) is 43.6 Å². The summed E-state index contributed by atoms with van der Waals surface area (Å²) in [5.41, 5.74) is 1.46. The maximum Gasteiger partial charge on any atom is 0.408 e. The van der Waals surface area contributed by atoms with Crippen LogP contribution in [0.25, 0.3) is 0 Å². The largest absolute Gasteiger partial charge is 0.458 e. The Labute approximate surface area is 246 Å². The van der Waals surface area contributed by atoms with Gasteiger partial charge >= 0.3 is 12.1 Å². The number of esters is 1. The van der Waals surface area contributed by atoms with Crippen LogP contribution in [0.4, 0.5) is 16.4 Å². The summed E-state index contributed by atoms with van der Waals surface area (Å²) in [6.45, 7) is 9.54. The van der Waals surface area contributed by atoms with Crippen molar-refractivity contribution in [1.82, 2.24) is 20.6 Å². The quantitative estimate of drug-likeness (QED) is 0.369. The lowest BCUT2D eigenvalue weighted by Gasteiger charge is -2.41. The van der Waals surface area contributed by atoms with Crippen molar-refractivity contribution in [2.45, 2.75) is 52.0 Å². The Morgan fingerprint density at radius 3 is 2.31 bits per heavy atom. The van der Waals surface area contributed by atoms with Crippen LogP contribution in [0.15, 0.2) is 73.1 Å². The van der Waals surface area contributed by atoms with E-state index in [1.165, 1.54) is 0 Å². The highest BCUT2D eigenvalue weighted by Crippen LogP contribution is 2.23. The molecule has 1 aromatic heterocycles. The van der Waals surface area contributed by atoms with Crippen LogP contribution in [-0.4, -0.2) is 71.8 Å². The zero-order valence-electron chi connectivity index (χ0n) is 24.4. The number of carbonyl (C=O) groups excluding carboxylic acids is 3. The number of benzene rings is 2. The number of nitrogens with one attached hydrogen (secondary N) is 2. The Bertz CT molecular complexity index is 1330. The number of hydrogen-bond donors (Lipinski definition) is 2. The maximum atomic E-state index is 13.0. The Balaban J connectivity index is 1.33. The third kappa shape index (κ3) is 8.66. The SMILES string of the molecule is CC1CN(c2ncccn2)CCN1c1ccc(C(=O)NC[C@H](NC(=O)OCc2ccccc2)C(=O)OC(C)(C)C)cc1. The smallest absolute Gasteiger partial charge is 0.408 e. The molecule has 4 rings (SSSR count). The molecular weight excluding hydrogens is 536 g/mol. The van der Waals surface area contributed by atoms with Crippen molar-refractivity contribution < 1.29 is 23.9 Å². The lowest BCUT2D eigenvalue weighted by Crippen LogP contribution is -2.52. The zero-order valence-corrected chi connectivity index (χ0v) is 24.4. The van der Waals surface area contributed by atoms with Crippen molar-refractivity contribution in [2.24, 2.45) is 0 Å². The van der Waals surface area contributed by atoms with Crippen molar-refractivity contribution in [3.05, 3.63) is 84.2 Å². The number of rotatable bonds is 9. The van der Waals surface area contributed by atoms with Gasteiger partial charge in [0.1, 0.15) is 18.2 Å². The van der Waals surface area contributed by atoms with E-state index in [1.807, 2.05) is 42.5 Å². The van der Waals surface area contributed by atoms with E-state index in [1.54, 1.807) is 51.4 Å². The lowest BCUT2D eigenvalue weighted by molar-refractivity contribution is -0.157. The van der Waals surface area contributed by atoms with Gasteiger partial charge in [0, 0.05) is 55.9 Å². The molecule has 2 amide bonds. The van der Waals surface area contributed by atoms with Gasteiger partial charge in [-0.15, -0.1) is 0 Å². The molecule has 1 unspecified atom stereocenters. The predicted octanol–water partition coefficient (Wildman–Crippen LogP) is 3.56. The number of anilines is 2. The fraction of sp³-hybridized carbons (Fsp3) is 0.387. The van der Waals surface area contributed by atoms with Gasteiger partial charge in [-0.05, 0) is 63.6 Å². The number of alkyl carbamates (subject to hydrolysis) is 1. The second-order valence-corrected chi connectivity index (χ2v) is 11.1. The third-order valence-corrected chi connectivity index (χ3v) is 6.59. The molecule has 0 radical (unpaired) electrons. The fourth-order valence-corrected chi connectivity index (χ4v) is 4.55. The van der Waals surface area contributed by atoms with Crippen molar-refractivity contribution in [3.8, 4) is 0 Å². The van der Waals surface area contributed by atoms with Crippen LogP contribution in [0.2, 0.25) is 0 Å². The molecule has 3 aromatic rings. The van der Waals surface area contributed by atoms with Crippen molar-refractivity contribution >= 4 is 29.6 Å². The molecule has 1 fully saturated rings. The van der Waals surface area contributed by atoms with Gasteiger partial charge in [0.05, 0.1) is 0 Å². The number of amides is 2. The maximum absolute atomic E-state index is 13.0. The van der Waals surface area contributed by atoms with E-state index in [2.05, 4.69) is 37.3 Å². The summed E-state index contributed by atoms with van der Waals surface area (Å²) >= 11 is 0. The average molecular weight is 575 g/mol. The number of aromatic nitrogens is 2. The van der Waals surface area contributed by atoms with E-state index in [4.69, 9.17) is 9.47 Å². The van der Waals surface area contributed by atoms with Gasteiger partial charge in [0.15, 0.2) is 0 Å². The van der Waals surface area contributed by atoms with E-state index in [0.29, 0.717) is 5.56 Å². The first kappa shape index (κ1) is 30.3. The van der Waals surface area contributed by atoms with E-state index >= 15 is 0 Å². The van der Waals surface area contributed by atoms with E-state index in [-0.39, 0.29) is 25.1 Å². The summed E-state index contributed by atoms with van der Waals surface area (Å²) in [4.78, 5) is 51.4. The summed E-state index contributed by atoms with van der Waals surface area (Å²) in [5, 5.41) is 5.25. The van der Waals surface area contributed by atoms with Gasteiger partial charge in [-0.1, -0.05) is 30.3 Å². The molecule has 2 atom stereocenters. The highest BCUT2D eigenvalue weighted by Gasteiger charge is 2.28. The van der Waals surface area contributed by atoms with E-state index in [0.717, 1.165) is 36.8 Å². The molecule has 1 aliphatic heterocycles. The highest BCUT2D eigenvalue weighted by atomic mass is 16.6. The predicted molar refractivity (Wildman–Crippen MR) is 159 cm³/mol. The van der Waals surface area contributed by atoms with Crippen LogP contribution in [-0.2, 0) is 20.9 Å². The molecule has 11 nitrogen and oxygen atoms in total. The molecule has 0 bridgehead atoms. The summed E-state index contributed by atoms with van der Waals surface area (Å²) in [6, 6.07) is 17.4. The Morgan fingerprint density at radius 2 is 1.67 bits per heavy atom. The number of carbonyl (C=O) groups is 3. The number of piperazine rings is 1. The van der Waals surface area contributed by atoms with E-state index in [9.17, 15) is 14.4 Å². The minimum absolute atomic E-state index is 0.0418. The molecule has 2 N–H and O–H groups in total. The molecule has 1 aliphatic rings. The Hall–Kier alpha value is -4.67. The van der Waals surface area contributed by atoms with Gasteiger partial charge in [-0.2, -0.15) is 0 Å². The van der Waals surface area contributed by atoms with Gasteiger partial charge in [-0.3, -0.25) is 4.79 Å². The lowest BCUT2D eigenvalue weighted by atomic mass is 10.1. The molecule has 1 saturated heterocycles. The molecule has 0 aliphatic carbocycles. The summed E-state index contributed by atoms with van der Waals surface area (Å²) in [7, 11) is 0. The molecule has 0 saturated carbocycles. The first-order chi connectivity index (χ1) is 20.1. The molecule has 42 heavy (non-hydrogen) atoms. The zero-order chi connectivity index (χ0) is 30.1. The summed E-state index contributed by atoms with van der Waals surface area (Å²) in [5.74, 6) is -0.336. The van der Waals surface area contributed by atoms with Crippen LogP contribution < -0.4 is 20.4 Å². The Morgan fingerprint density at radius 1 is 0.976 bits per heavy atom. The molecule has 0 spiro atoms. The van der Waals surface area contributed by atoms with Gasteiger partial charge in [0.25, 0.3) is 5.91 Å². The van der Waals surface area contributed by atoms with Crippen LogP contribution in [0.5, 0.6) is 0 Å². The molecular formula is C31H38N6O5. The van der Waals surface area contributed by atoms with Gasteiger partial charge in [-0.25, -0.2) is 19.6 Å². The van der Waals surface area contributed by atoms with E-state index < -0.39 is 23.7 Å². The summed E-state index contributed by atoms with van der Waals surface area (Å²) in [6.07, 6.45) is 2.69. The third-order valence-electron chi connectivity index (χ3n) is 6.59. The van der Waals surface area contributed by atoms with Gasteiger partial charge in [0.2, 0.25) is 5.95 Å². The molecule has 2 aromatic carbocycles. The van der Waals surface area contributed by atoms with Gasteiger partial charge < -0.3 is 29.9 Å². The highest BCUT2D eigenvalue weighted by molar-refractivity contribution is 5.95. The number of ether oxygens (including phenoxy) is 2. The molecule has 2 heterocycles. The normalized spacial score (nSPS) is 15.9. The fourth-order valence-electron chi connectivity index (χ4n) is 4.55. The first-order valence-electron chi connectivity index (χ1n) is 14.0. The van der Waals surface area contributed by atoms with Crippen molar-refractivity contribution in [3.63, 3.8) is 0 Å². The number of nitrogens with zero attached hydrogens (tertiary/aromatic N) is 4. The standard InChI is InChI=1S/C31H38N6O5/c1-22-20-36(29-32-15-8-16-33-29)17-18-37(22)25-13-11-24(12-14-25)27(38)34-19-26(28(39)42-31(2,3)4)35-30(40)41-21-23-9-6-5-7-10-23/h5-16,22,26H,17-21H2,1-4H3,(H,34,38)(H,35,40)/t22?,26-/m0/s1. The number of hydrogen-bond acceptors (Lipinski definition) is 9. The Kier molecular flexibility index (Phi) is 9.95. The molecule has 11 heteroatoms. The molecule has 222 valence electrons. The minimum Gasteiger partial charge on any atom is -0.458 e. The van der Waals surface area contributed by atoms with Crippen molar-refractivity contribution in [2.75, 3.05) is 36.0 Å². The van der Waals surface area contributed by atoms with Crippen molar-refractivity contribution in [1.29, 1.82) is 0 Å². The summed E-state index contributed by atoms with van der Waals surface area (Å²) < 4.78 is 10.7. The van der Waals surface area contributed by atoms with Crippen LogP contribution in [0.3, 0.4) is 0 Å². The average Bonchev–Trinajstić information content (AvgIpc) is 2.98. The topological polar surface area (TPSA) is 126 Å². The second kappa shape index (κ2) is 13.8. The van der Waals surface area contributed by atoms with Crippen LogP contribution >= 0.6 is 0 Å². The second-order valence-electron chi connectivity index (χ2n) is 11.1. The first-order valence-corrected chi connectivity index (χ1v) is 14.0. The van der Waals surface area contributed by atoms with Crippen LogP contribution in [0, 0.1) is 0 Å².